The van der Waals surface area contributed by atoms with Crippen molar-refractivity contribution >= 4 is 51.6 Å². The molecule has 0 bridgehead atoms. The van der Waals surface area contributed by atoms with Crippen LogP contribution in [0.1, 0.15) is 11.3 Å². The molecule has 1 aliphatic rings. The lowest BCUT2D eigenvalue weighted by atomic mass is 9.97. The van der Waals surface area contributed by atoms with Crippen molar-refractivity contribution in [1.82, 2.24) is 24.6 Å². The third-order valence-corrected chi connectivity index (χ3v) is 6.67. The molecule has 11 heteroatoms. The summed E-state index contributed by atoms with van der Waals surface area (Å²) in [5.74, 6) is 0.654. The summed E-state index contributed by atoms with van der Waals surface area (Å²) in [4.78, 5) is 22.5. The van der Waals surface area contributed by atoms with E-state index in [2.05, 4.69) is 25.1 Å². The number of halogens is 1. The van der Waals surface area contributed by atoms with E-state index >= 15 is 4.39 Å². The van der Waals surface area contributed by atoms with Crippen molar-refractivity contribution < 1.29 is 9.18 Å². The number of benzene rings is 1. The molecular formula is C24H25FN8OS. The molecule has 0 fully saturated rings. The Morgan fingerprint density at radius 2 is 1.97 bits per heavy atom. The number of pyridine rings is 2. The summed E-state index contributed by atoms with van der Waals surface area (Å²) >= 11 is 1.44. The second kappa shape index (κ2) is 9.06. The molecule has 0 unspecified atom stereocenters. The second-order valence-electron chi connectivity index (χ2n) is 8.48. The third-order valence-electron chi connectivity index (χ3n) is 6.25. The maximum atomic E-state index is 15.3. The predicted molar refractivity (Wildman–Crippen MR) is 138 cm³/mol. The monoisotopic (exact) mass is 492 g/mol. The van der Waals surface area contributed by atoms with Crippen molar-refractivity contribution in [3.8, 4) is 11.1 Å². The highest BCUT2D eigenvalue weighted by Crippen LogP contribution is 2.37. The summed E-state index contributed by atoms with van der Waals surface area (Å²) < 4.78 is 20.2. The number of rotatable bonds is 5. The van der Waals surface area contributed by atoms with Gasteiger partial charge in [0.25, 0.3) is 0 Å². The van der Waals surface area contributed by atoms with Crippen LogP contribution in [0.3, 0.4) is 0 Å². The molecule has 0 atom stereocenters. The minimum atomic E-state index is -0.501. The lowest BCUT2D eigenvalue weighted by Gasteiger charge is -2.15. The van der Waals surface area contributed by atoms with Gasteiger partial charge in [-0.2, -0.15) is 5.10 Å². The number of likely N-dealkylation sites (N-methyl/N-ethyl adjacent to an activating group) is 1. The number of carbonyl (C=O) groups excluding carboxylic acids is 1. The summed E-state index contributed by atoms with van der Waals surface area (Å²) in [6.07, 6.45) is 7.54. The summed E-state index contributed by atoms with van der Waals surface area (Å²) in [6, 6.07) is 5.49. The van der Waals surface area contributed by atoms with Crippen LogP contribution >= 0.6 is 11.9 Å². The van der Waals surface area contributed by atoms with E-state index in [1.54, 1.807) is 41.3 Å². The molecule has 35 heavy (non-hydrogen) atoms. The third kappa shape index (κ3) is 4.23. The van der Waals surface area contributed by atoms with Crippen molar-refractivity contribution in [2.45, 2.75) is 19.9 Å². The number of nitrogens with zero attached hydrogens (tertiary/aromatic N) is 5. The maximum Gasteiger partial charge on any atom is 0.244 e. The molecule has 4 heterocycles. The van der Waals surface area contributed by atoms with Crippen molar-refractivity contribution in [2.24, 2.45) is 0 Å². The Balaban J connectivity index is 1.51. The normalized spacial score (nSPS) is 13.6. The number of nitrogens with one attached hydrogen (secondary N) is 2. The lowest BCUT2D eigenvalue weighted by molar-refractivity contribution is -0.130. The summed E-state index contributed by atoms with van der Waals surface area (Å²) in [5, 5.41) is 8.98. The highest BCUT2D eigenvalue weighted by atomic mass is 32.2. The molecule has 1 aromatic carbocycles. The van der Waals surface area contributed by atoms with E-state index in [1.807, 2.05) is 25.3 Å². The fourth-order valence-electron chi connectivity index (χ4n) is 4.21. The van der Waals surface area contributed by atoms with E-state index < -0.39 is 5.82 Å². The average Bonchev–Trinajstić information content (AvgIpc) is 3.16. The molecule has 4 aromatic rings. The van der Waals surface area contributed by atoms with Crippen LogP contribution in [0.15, 0.2) is 36.8 Å². The first kappa shape index (κ1) is 22.9. The van der Waals surface area contributed by atoms with Gasteiger partial charge in [-0.3, -0.25) is 14.5 Å². The standard InChI is InChI=1S/C24H25FN8OS/c1-13-17(9-27-11-19(13)31-35-3)16-6-14-7-20(28-10-18(14)24(26)23(16)25)29-21-8-15-4-5-32(2)22(34)12-33(15)30-21/h6-11,31H,4-5,12,26H2,1-3H3,(H,28,29,30). The SMILES string of the molecule is CSNc1cncc(-c2cc3cc(Nc4cc5n(n4)CC(=O)N(C)CC5)ncc3c(N)c2F)c1C. The Morgan fingerprint density at radius 3 is 2.77 bits per heavy atom. The molecule has 5 rings (SSSR count). The molecule has 0 spiro atoms. The van der Waals surface area contributed by atoms with E-state index in [0.29, 0.717) is 34.7 Å². The molecule has 1 amide bonds. The number of nitrogen functional groups attached to an aromatic ring is 1. The van der Waals surface area contributed by atoms with Crippen LogP contribution in [0.2, 0.25) is 0 Å². The fraction of sp³-hybridized carbons (Fsp3) is 0.250. The van der Waals surface area contributed by atoms with Crippen LogP contribution in [-0.2, 0) is 17.8 Å². The Labute approximate surface area is 206 Å². The lowest BCUT2D eigenvalue weighted by Crippen LogP contribution is -2.29. The molecule has 0 aliphatic carbocycles. The zero-order valence-corrected chi connectivity index (χ0v) is 20.4. The first-order chi connectivity index (χ1) is 16.9. The highest BCUT2D eigenvalue weighted by molar-refractivity contribution is 7.99. The van der Waals surface area contributed by atoms with E-state index in [0.717, 1.165) is 28.8 Å². The average molecular weight is 493 g/mol. The van der Waals surface area contributed by atoms with Gasteiger partial charge in [-0.05, 0) is 30.0 Å². The summed E-state index contributed by atoms with van der Waals surface area (Å²) in [7, 11) is 1.79. The van der Waals surface area contributed by atoms with Gasteiger partial charge in [-0.15, -0.1) is 0 Å². The molecule has 3 aromatic heterocycles. The van der Waals surface area contributed by atoms with Gasteiger partial charge in [-0.25, -0.2) is 9.37 Å². The molecule has 0 radical (unpaired) electrons. The van der Waals surface area contributed by atoms with E-state index in [4.69, 9.17) is 5.73 Å². The van der Waals surface area contributed by atoms with Gasteiger partial charge in [0.1, 0.15) is 12.4 Å². The van der Waals surface area contributed by atoms with Crippen LogP contribution in [0, 0.1) is 12.7 Å². The van der Waals surface area contributed by atoms with Crippen LogP contribution in [-0.4, -0.2) is 50.4 Å². The Hall–Kier alpha value is -3.86. The molecule has 0 saturated heterocycles. The number of nitrogens with two attached hydrogens (primary N) is 1. The summed E-state index contributed by atoms with van der Waals surface area (Å²) in [5.41, 5.74) is 9.92. The zero-order chi connectivity index (χ0) is 24.7. The largest absolute Gasteiger partial charge is 0.396 e. The minimum absolute atomic E-state index is 0.0221. The molecule has 0 saturated carbocycles. The van der Waals surface area contributed by atoms with Gasteiger partial charge < -0.3 is 20.7 Å². The molecular weight excluding hydrogens is 467 g/mol. The van der Waals surface area contributed by atoms with Gasteiger partial charge in [0.05, 0.1) is 17.6 Å². The van der Waals surface area contributed by atoms with Gasteiger partial charge in [0.2, 0.25) is 5.91 Å². The number of fused-ring (bicyclic) bond motifs is 2. The predicted octanol–water partition coefficient (Wildman–Crippen LogP) is 3.97. The van der Waals surface area contributed by atoms with Crippen LogP contribution in [0.4, 0.5) is 27.4 Å². The van der Waals surface area contributed by atoms with Gasteiger partial charge in [0, 0.05) is 66.9 Å². The number of hydrogen-bond donors (Lipinski definition) is 3. The fourth-order valence-corrected chi connectivity index (χ4v) is 4.64. The van der Waals surface area contributed by atoms with E-state index in [9.17, 15) is 4.79 Å². The number of amides is 1. The zero-order valence-electron chi connectivity index (χ0n) is 19.6. The van der Waals surface area contributed by atoms with Gasteiger partial charge in [0.15, 0.2) is 11.6 Å². The molecule has 1 aliphatic heterocycles. The molecule has 9 nitrogen and oxygen atoms in total. The van der Waals surface area contributed by atoms with Crippen molar-refractivity contribution in [1.29, 1.82) is 0 Å². The number of aromatic nitrogens is 4. The van der Waals surface area contributed by atoms with Gasteiger partial charge in [-0.1, -0.05) is 11.9 Å². The highest BCUT2D eigenvalue weighted by Gasteiger charge is 2.20. The maximum absolute atomic E-state index is 15.3. The number of anilines is 4. The van der Waals surface area contributed by atoms with E-state index in [1.165, 1.54) is 11.9 Å². The van der Waals surface area contributed by atoms with Crippen molar-refractivity contribution in [3.05, 3.63) is 53.9 Å². The molecule has 180 valence electrons. The Morgan fingerprint density at radius 1 is 1.14 bits per heavy atom. The van der Waals surface area contributed by atoms with Crippen molar-refractivity contribution in [2.75, 3.05) is 35.6 Å². The minimum Gasteiger partial charge on any atom is -0.396 e. The number of carbonyl (C=O) groups is 1. The molecule has 4 N–H and O–H groups in total. The number of hydrogen-bond acceptors (Lipinski definition) is 8. The quantitative estimate of drug-likeness (QED) is 0.283. The van der Waals surface area contributed by atoms with Crippen LogP contribution in [0.25, 0.3) is 21.9 Å². The van der Waals surface area contributed by atoms with Gasteiger partial charge >= 0.3 is 0 Å². The van der Waals surface area contributed by atoms with E-state index in [-0.39, 0.29) is 18.1 Å². The smallest absolute Gasteiger partial charge is 0.244 e. The second-order valence-corrected chi connectivity index (χ2v) is 9.09. The Kier molecular flexibility index (Phi) is 5.93. The van der Waals surface area contributed by atoms with Crippen LogP contribution in [0.5, 0.6) is 0 Å². The first-order valence-corrected chi connectivity index (χ1v) is 12.3. The topological polar surface area (TPSA) is 114 Å². The Bertz CT molecular complexity index is 1450. The van der Waals surface area contributed by atoms with Crippen molar-refractivity contribution in [3.63, 3.8) is 0 Å². The summed E-state index contributed by atoms with van der Waals surface area (Å²) in [6.45, 7) is 2.77. The first-order valence-electron chi connectivity index (χ1n) is 11.0. The van der Waals surface area contributed by atoms with Crippen LogP contribution < -0.4 is 15.8 Å².